The van der Waals surface area contributed by atoms with Crippen LogP contribution >= 0.6 is 11.6 Å². The van der Waals surface area contributed by atoms with E-state index in [-0.39, 0.29) is 5.91 Å². The lowest BCUT2D eigenvalue weighted by Crippen LogP contribution is -2.32. The fraction of sp³-hybridized carbons (Fsp3) is 0.500. The van der Waals surface area contributed by atoms with Crippen molar-refractivity contribution in [3.05, 3.63) is 29.0 Å². The number of rotatable bonds is 2. The molecule has 2 aliphatic rings. The van der Waals surface area contributed by atoms with Crippen molar-refractivity contribution in [1.82, 2.24) is 15.2 Å². The molecule has 0 aromatic carbocycles. The van der Waals surface area contributed by atoms with Crippen LogP contribution < -0.4 is 5.32 Å². The average Bonchev–Trinajstić information content (AvgIpc) is 2.78. The quantitative estimate of drug-likeness (QED) is 0.855. The molecule has 90 valence electrons. The SMILES string of the molecule is O=C1C[C@H]2CN(Cc3ccncc3Cl)C[C@H]2N1. The third-order valence-electron chi connectivity index (χ3n) is 3.56. The van der Waals surface area contributed by atoms with E-state index >= 15 is 0 Å². The third kappa shape index (κ3) is 2.15. The third-order valence-corrected chi connectivity index (χ3v) is 3.90. The lowest BCUT2D eigenvalue weighted by Gasteiger charge is -2.17. The molecule has 5 heteroatoms. The zero-order valence-electron chi connectivity index (χ0n) is 9.40. The number of nitrogens with one attached hydrogen (secondary N) is 1. The summed E-state index contributed by atoms with van der Waals surface area (Å²) < 4.78 is 0. The van der Waals surface area contributed by atoms with Crippen LogP contribution in [0.1, 0.15) is 12.0 Å². The minimum Gasteiger partial charge on any atom is -0.352 e. The molecule has 1 aromatic heterocycles. The molecular formula is C12H14ClN3O. The van der Waals surface area contributed by atoms with Gasteiger partial charge < -0.3 is 5.32 Å². The van der Waals surface area contributed by atoms with E-state index in [0.717, 1.165) is 25.2 Å². The number of carbonyl (C=O) groups is 1. The van der Waals surface area contributed by atoms with Gasteiger partial charge in [-0.25, -0.2) is 0 Å². The predicted molar refractivity (Wildman–Crippen MR) is 64.6 cm³/mol. The normalized spacial score (nSPS) is 28.2. The number of aromatic nitrogens is 1. The Morgan fingerprint density at radius 2 is 2.41 bits per heavy atom. The number of likely N-dealkylation sites (tertiary alicyclic amines) is 1. The second kappa shape index (κ2) is 4.27. The first-order chi connectivity index (χ1) is 8.22. The summed E-state index contributed by atoms with van der Waals surface area (Å²) in [6.45, 7) is 2.74. The van der Waals surface area contributed by atoms with E-state index in [0.29, 0.717) is 23.4 Å². The zero-order valence-corrected chi connectivity index (χ0v) is 10.2. The first-order valence-corrected chi connectivity index (χ1v) is 6.20. The van der Waals surface area contributed by atoms with Gasteiger partial charge in [0, 0.05) is 50.4 Å². The van der Waals surface area contributed by atoms with Crippen molar-refractivity contribution in [2.45, 2.75) is 19.0 Å². The summed E-state index contributed by atoms with van der Waals surface area (Å²) in [4.78, 5) is 17.5. The van der Waals surface area contributed by atoms with Gasteiger partial charge in [-0.15, -0.1) is 0 Å². The van der Waals surface area contributed by atoms with E-state index in [1.807, 2.05) is 6.07 Å². The van der Waals surface area contributed by atoms with Gasteiger partial charge in [-0.3, -0.25) is 14.7 Å². The van der Waals surface area contributed by atoms with E-state index in [1.165, 1.54) is 0 Å². The van der Waals surface area contributed by atoms with Gasteiger partial charge in [0.2, 0.25) is 5.91 Å². The Morgan fingerprint density at radius 1 is 1.53 bits per heavy atom. The number of nitrogens with zero attached hydrogens (tertiary/aromatic N) is 2. The van der Waals surface area contributed by atoms with Crippen LogP contribution in [0.5, 0.6) is 0 Å². The summed E-state index contributed by atoms with van der Waals surface area (Å²) in [5.41, 5.74) is 1.10. The molecule has 1 N–H and O–H groups in total. The predicted octanol–water partition coefficient (Wildman–Crippen LogP) is 1.06. The van der Waals surface area contributed by atoms with E-state index in [2.05, 4.69) is 15.2 Å². The Balaban J connectivity index is 1.66. The van der Waals surface area contributed by atoms with Crippen molar-refractivity contribution in [3.8, 4) is 0 Å². The highest BCUT2D eigenvalue weighted by molar-refractivity contribution is 6.31. The standard InChI is InChI=1S/C12H14ClN3O/c13-10-4-14-2-1-8(10)5-16-6-9-3-12(17)15-11(9)7-16/h1-2,4,9,11H,3,5-7H2,(H,15,17)/t9-,11+/m0/s1. The maximum atomic E-state index is 11.2. The van der Waals surface area contributed by atoms with Crippen molar-refractivity contribution < 1.29 is 4.79 Å². The van der Waals surface area contributed by atoms with Crippen LogP contribution in [0.25, 0.3) is 0 Å². The molecule has 1 amide bonds. The molecule has 17 heavy (non-hydrogen) atoms. The van der Waals surface area contributed by atoms with Crippen LogP contribution in [-0.2, 0) is 11.3 Å². The Bertz CT molecular complexity index is 435. The van der Waals surface area contributed by atoms with Crippen LogP contribution in [0.15, 0.2) is 18.5 Å². The molecule has 3 rings (SSSR count). The summed E-state index contributed by atoms with van der Waals surface area (Å²) in [7, 11) is 0. The van der Waals surface area contributed by atoms with Gasteiger partial charge in [0.1, 0.15) is 0 Å². The van der Waals surface area contributed by atoms with Gasteiger partial charge in [-0.2, -0.15) is 0 Å². The summed E-state index contributed by atoms with van der Waals surface area (Å²) in [5, 5.41) is 3.74. The van der Waals surface area contributed by atoms with E-state index < -0.39 is 0 Å². The lowest BCUT2D eigenvalue weighted by molar-refractivity contribution is -0.119. The minimum absolute atomic E-state index is 0.196. The molecule has 2 atom stereocenters. The smallest absolute Gasteiger partial charge is 0.220 e. The second-order valence-electron chi connectivity index (χ2n) is 4.80. The highest BCUT2D eigenvalue weighted by Crippen LogP contribution is 2.27. The first kappa shape index (κ1) is 11.0. The summed E-state index contributed by atoms with van der Waals surface area (Å²) in [6.07, 6.45) is 4.11. The van der Waals surface area contributed by atoms with Gasteiger partial charge in [0.15, 0.2) is 0 Å². The molecule has 2 saturated heterocycles. The number of hydrogen-bond acceptors (Lipinski definition) is 3. The summed E-state index contributed by atoms with van der Waals surface area (Å²) >= 11 is 6.09. The maximum absolute atomic E-state index is 11.2. The van der Waals surface area contributed by atoms with Crippen LogP contribution in [0.3, 0.4) is 0 Å². The van der Waals surface area contributed by atoms with Crippen molar-refractivity contribution in [2.24, 2.45) is 5.92 Å². The fourth-order valence-electron chi connectivity index (χ4n) is 2.74. The monoisotopic (exact) mass is 251 g/mol. The van der Waals surface area contributed by atoms with Crippen LogP contribution in [0, 0.1) is 5.92 Å². The minimum atomic E-state index is 0.196. The molecule has 4 nitrogen and oxygen atoms in total. The maximum Gasteiger partial charge on any atom is 0.220 e. The number of amides is 1. The fourth-order valence-corrected chi connectivity index (χ4v) is 2.92. The van der Waals surface area contributed by atoms with Gasteiger partial charge in [-0.1, -0.05) is 11.6 Å². The van der Waals surface area contributed by atoms with Gasteiger partial charge in [0.05, 0.1) is 5.02 Å². The van der Waals surface area contributed by atoms with Crippen LogP contribution in [0.4, 0.5) is 0 Å². The van der Waals surface area contributed by atoms with Gasteiger partial charge in [0.25, 0.3) is 0 Å². The first-order valence-electron chi connectivity index (χ1n) is 5.82. The largest absolute Gasteiger partial charge is 0.352 e. The summed E-state index contributed by atoms with van der Waals surface area (Å²) in [6, 6.07) is 2.29. The van der Waals surface area contributed by atoms with Crippen molar-refractivity contribution in [1.29, 1.82) is 0 Å². The van der Waals surface area contributed by atoms with E-state index in [1.54, 1.807) is 12.4 Å². The molecule has 2 fully saturated rings. The highest BCUT2D eigenvalue weighted by Gasteiger charge is 2.39. The molecule has 0 saturated carbocycles. The molecule has 0 bridgehead atoms. The van der Waals surface area contributed by atoms with Gasteiger partial charge in [-0.05, 0) is 11.6 Å². The van der Waals surface area contributed by atoms with Crippen molar-refractivity contribution in [3.63, 3.8) is 0 Å². The molecule has 1 aromatic rings. The Kier molecular flexibility index (Phi) is 2.76. The summed E-state index contributed by atoms with van der Waals surface area (Å²) in [5.74, 6) is 0.671. The van der Waals surface area contributed by atoms with E-state index in [9.17, 15) is 4.79 Å². The number of hydrogen-bond donors (Lipinski definition) is 1. The van der Waals surface area contributed by atoms with Crippen LogP contribution in [-0.4, -0.2) is 34.9 Å². The topological polar surface area (TPSA) is 45.2 Å². The Hall–Kier alpha value is -1.13. The highest BCUT2D eigenvalue weighted by atomic mass is 35.5. The van der Waals surface area contributed by atoms with E-state index in [4.69, 9.17) is 11.6 Å². The van der Waals surface area contributed by atoms with Crippen molar-refractivity contribution in [2.75, 3.05) is 13.1 Å². The zero-order chi connectivity index (χ0) is 11.8. The number of fused-ring (bicyclic) bond motifs is 1. The Labute approximate surface area is 105 Å². The molecule has 0 unspecified atom stereocenters. The molecule has 0 spiro atoms. The lowest BCUT2D eigenvalue weighted by atomic mass is 10.1. The molecular weight excluding hydrogens is 238 g/mol. The van der Waals surface area contributed by atoms with Gasteiger partial charge >= 0.3 is 0 Å². The molecule has 0 radical (unpaired) electrons. The second-order valence-corrected chi connectivity index (χ2v) is 5.21. The van der Waals surface area contributed by atoms with Crippen LogP contribution in [0.2, 0.25) is 5.02 Å². The average molecular weight is 252 g/mol. The number of pyridine rings is 1. The number of carbonyl (C=O) groups excluding carboxylic acids is 1. The number of halogens is 1. The molecule has 0 aliphatic carbocycles. The molecule has 2 aliphatic heterocycles. The van der Waals surface area contributed by atoms with Crippen molar-refractivity contribution >= 4 is 17.5 Å². The Morgan fingerprint density at radius 3 is 3.18 bits per heavy atom. The molecule has 3 heterocycles.